The van der Waals surface area contributed by atoms with E-state index in [9.17, 15) is 4.39 Å². The van der Waals surface area contributed by atoms with Crippen LogP contribution in [0, 0.1) is 12.7 Å². The Morgan fingerprint density at radius 2 is 2.05 bits per heavy atom. The maximum absolute atomic E-state index is 13.4. The van der Waals surface area contributed by atoms with E-state index in [1.807, 2.05) is 25.1 Å². The smallest absolute Gasteiger partial charge is 0.141 e. The van der Waals surface area contributed by atoms with Gasteiger partial charge in [0.25, 0.3) is 0 Å². The van der Waals surface area contributed by atoms with Crippen LogP contribution in [-0.4, -0.2) is 11.5 Å². The minimum absolute atomic E-state index is 0.0749. The third-order valence-electron chi connectivity index (χ3n) is 3.17. The molecule has 2 nitrogen and oxygen atoms in total. The molecule has 0 bridgehead atoms. The van der Waals surface area contributed by atoms with Crippen LogP contribution in [0.4, 0.5) is 4.39 Å². The fraction of sp³-hybridized carbons (Fsp3) is 0.312. The summed E-state index contributed by atoms with van der Waals surface area (Å²) in [7, 11) is 0. The van der Waals surface area contributed by atoms with Gasteiger partial charge in [-0.1, -0.05) is 30.7 Å². The van der Waals surface area contributed by atoms with E-state index in [1.165, 1.54) is 12.3 Å². The fourth-order valence-corrected chi connectivity index (χ4v) is 2.27. The van der Waals surface area contributed by atoms with E-state index in [4.69, 9.17) is 11.6 Å². The highest BCUT2D eigenvalue weighted by Gasteiger charge is 2.15. The first-order chi connectivity index (χ1) is 9.61. The van der Waals surface area contributed by atoms with Crippen LogP contribution in [0.5, 0.6) is 0 Å². The number of benzene rings is 1. The molecule has 4 heteroatoms. The molecule has 0 aliphatic rings. The molecule has 0 saturated heterocycles. The third kappa shape index (κ3) is 3.56. The minimum atomic E-state index is -0.323. The Morgan fingerprint density at radius 1 is 1.25 bits per heavy atom. The molecule has 1 N–H and O–H groups in total. The van der Waals surface area contributed by atoms with Gasteiger partial charge in [-0.3, -0.25) is 4.98 Å². The highest BCUT2D eigenvalue weighted by atomic mass is 35.5. The topological polar surface area (TPSA) is 24.9 Å². The molecule has 1 unspecified atom stereocenters. The molecule has 0 saturated carbocycles. The van der Waals surface area contributed by atoms with Crippen LogP contribution in [0.2, 0.25) is 5.02 Å². The van der Waals surface area contributed by atoms with Gasteiger partial charge in [0.1, 0.15) is 5.82 Å². The lowest BCUT2D eigenvalue weighted by molar-refractivity contribution is 0.580. The van der Waals surface area contributed by atoms with E-state index >= 15 is 0 Å². The molecule has 0 aliphatic heterocycles. The summed E-state index contributed by atoms with van der Waals surface area (Å²) in [6.07, 6.45) is 3.92. The average molecular weight is 293 g/mol. The molecule has 0 radical (unpaired) electrons. The van der Waals surface area contributed by atoms with Crippen molar-refractivity contribution in [3.05, 3.63) is 64.2 Å². The Balaban J connectivity index is 2.38. The minimum Gasteiger partial charge on any atom is -0.306 e. The predicted octanol–water partition coefficient (Wildman–Crippen LogP) is 4.27. The van der Waals surface area contributed by atoms with Gasteiger partial charge in [0.05, 0.1) is 12.2 Å². The number of rotatable bonds is 5. The number of hydrogen-bond acceptors (Lipinski definition) is 2. The lowest BCUT2D eigenvalue weighted by Gasteiger charge is -2.20. The Bertz CT molecular complexity index is 586. The van der Waals surface area contributed by atoms with Crippen LogP contribution >= 0.6 is 11.6 Å². The quantitative estimate of drug-likeness (QED) is 0.890. The molecule has 20 heavy (non-hydrogen) atoms. The van der Waals surface area contributed by atoms with E-state index in [1.54, 1.807) is 6.20 Å². The van der Waals surface area contributed by atoms with Gasteiger partial charge < -0.3 is 5.32 Å². The van der Waals surface area contributed by atoms with Crippen molar-refractivity contribution in [3.8, 4) is 0 Å². The van der Waals surface area contributed by atoms with Gasteiger partial charge in [0, 0.05) is 11.2 Å². The fourth-order valence-electron chi connectivity index (χ4n) is 2.15. The second kappa shape index (κ2) is 6.82. The van der Waals surface area contributed by atoms with Crippen molar-refractivity contribution < 1.29 is 4.39 Å². The molecular weight excluding hydrogens is 275 g/mol. The summed E-state index contributed by atoms with van der Waals surface area (Å²) in [5, 5.41) is 4.16. The molecule has 1 atom stereocenters. The van der Waals surface area contributed by atoms with Gasteiger partial charge in [-0.15, -0.1) is 0 Å². The van der Waals surface area contributed by atoms with Crippen LogP contribution < -0.4 is 5.32 Å². The van der Waals surface area contributed by atoms with Crippen LogP contribution in [0.3, 0.4) is 0 Å². The van der Waals surface area contributed by atoms with Crippen LogP contribution in [0.25, 0.3) is 0 Å². The van der Waals surface area contributed by atoms with E-state index < -0.39 is 0 Å². The average Bonchev–Trinajstić information content (AvgIpc) is 2.43. The summed E-state index contributed by atoms with van der Waals surface area (Å²) in [6.45, 7) is 4.91. The first-order valence-corrected chi connectivity index (χ1v) is 7.09. The largest absolute Gasteiger partial charge is 0.306 e. The monoisotopic (exact) mass is 292 g/mol. The molecule has 2 rings (SSSR count). The van der Waals surface area contributed by atoms with Crippen molar-refractivity contribution in [2.24, 2.45) is 0 Å². The van der Waals surface area contributed by atoms with E-state index in [0.29, 0.717) is 0 Å². The predicted molar refractivity (Wildman–Crippen MR) is 80.5 cm³/mol. The number of nitrogens with one attached hydrogen (secondary N) is 1. The Morgan fingerprint density at radius 3 is 2.70 bits per heavy atom. The highest BCUT2D eigenvalue weighted by molar-refractivity contribution is 6.31. The normalized spacial score (nSPS) is 12.4. The molecule has 0 fully saturated rings. The second-order valence-corrected chi connectivity index (χ2v) is 5.24. The summed E-state index contributed by atoms with van der Waals surface area (Å²) < 4.78 is 13.4. The Kier molecular flexibility index (Phi) is 5.10. The number of nitrogens with zero attached hydrogens (tertiary/aromatic N) is 1. The van der Waals surface area contributed by atoms with Crippen LogP contribution in [-0.2, 0) is 0 Å². The summed E-state index contributed by atoms with van der Waals surface area (Å²) >= 11 is 6.07. The summed E-state index contributed by atoms with van der Waals surface area (Å²) in [6, 6.07) is 7.31. The molecule has 1 aromatic carbocycles. The zero-order valence-corrected chi connectivity index (χ0v) is 12.4. The maximum atomic E-state index is 13.4. The van der Waals surface area contributed by atoms with Gasteiger partial charge in [-0.25, -0.2) is 4.39 Å². The lowest BCUT2D eigenvalue weighted by Crippen LogP contribution is -2.23. The molecule has 0 spiro atoms. The van der Waals surface area contributed by atoms with Crippen molar-refractivity contribution in [2.75, 3.05) is 6.54 Å². The molecular formula is C16H18ClFN2. The molecule has 0 amide bonds. The number of halogens is 2. The van der Waals surface area contributed by atoms with E-state index in [-0.39, 0.29) is 11.9 Å². The number of aromatic nitrogens is 1. The maximum Gasteiger partial charge on any atom is 0.141 e. The van der Waals surface area contributed by atoms with Crippen LogP contribution in [0.1, 0.15) is 36.1 Å². The first kappa shape index (κ1) is 14.9. The molecule has 0 aliphatic carbocycles. The van der Waals surface area contributed by atoms with Gasteiger partial charge >= 0.3 is 0 Å². The standard InChI is InChI=1S/C16H18ClFN2/c1-3-6-20-16(13-8-14(18)10-19-9-13)12-4-5-15(17)11(2)7-12/h4-5,7-10,16,20H,3,6H2,1-2H3. The zero-order chi connectivity index (χ0) is 14.5. The summed E-state index contributed by atoms with van der Waals surface area (Å²) in [5.41, 5.74) is 2.89. The van der Waals surface area contributed by atoms with Crippen molar-refractivity contribution in [1.29, 1.82) is 0 Å². The number of aryl methyl sites for hydroxylation is 1. The van der Waals surface area contributed by atoms with E-state index in [0.717, 1.165) is 34.7 Å². The van der Waals surface area contributed by atoms with Gasteiger partial charge in [-0.2, -0.15) is 0 Å². The SMILES string of the molecule is CCCNC(c1cncc(F)c1)c1ccc(Cl)c(C)c1. The lowest BCUT2D eigenvalue weighted by atomic mass is 9.98. The Labute approximate surface area is 124 Å². The van der Waals surface area contributed by atoms with Crippen LogP contribution in [0.15, 0.2) is 36.7 Å². The first-order valence-electron chi connectivity index (χ1n) is 6.71. The van der Waals surface area contributed by atoms with Crippen molar-refractivity contribution in [3.63, 3.8) is 0 Å². The van der Waals surface area contributed by atoms with Gasteiger partial charge in [0.15, 0.2) is 0 Å². The van der Waals surface area contributed by atoms with Crippen molar-refractivity contribution in [1.82, 2.24) is 10.3 Å². The highest BCUT2D eigenvalue weighted by Crippen LogP contribution is 2.25. The summed E-state index contributed by atoms with van der Waals surface area (Å²) in [5.74, 6) is -0.323. The van der Waals surface area contributed by atoms with Crippen molar-refractivity contribution >= 4 is 11.6 Å². The number of pyridine rings is 1. The molecule has 1 aromatic heterocycles. The zero-order valence-electron chi connectivity index (χ0n) is 11.7. The van der Waals surface area contributed by atoms with E-state index in [2.05, 4.69) is 17.2 Å². The third-order valence-corrected chi connectivity index (χ3v) is 3.60. The molecule has 1 heterocycles. The van der Waals surface area contributed by atoms with Gasteiger partial charge in [-0.05, 0) is 48.7 Å². The summed E-state index contributed by atoms with van der Waals surface area (Å²) in [4.78, 5) is 3.94. The molecule has 2 aromatic rings. The molecule has 106 valence electrons. The second-order valence-electron chi connectivity index (χ2n) is 4.83. The Hall–Kier alpha value is -1.45. The van der Waals surface area contributed by atoms with Gasteiger partial charge in [0.2, 0.25) is 0 Å². The van der Waals surface area contributed by atoms with Crippen molar-refractivity contribution in [2.45, 2.75) is 26.3 Å². The number of hydrogen-bond donors (Lipinski definition) is 1.